The number of alkyl halides is 1. The molecule has 0 aromatic rings. The van der Waals surface area contributed by atoms with Gasteiger partial charge in [-0.25, -0.2) is 0 Å². The lowest BCUT2D eigenvalue weighted by molar-refractivity contribution is 0.0662. The van der Waals surface area contributed by atoms with Crippen molar-refractivity contribution in [1.82, 2.24) is 0 Å². The summed E-state index contributed by atoms with van der Waals surface area (Å²) in [6.07, 6.45) is 1.01. The monoisotopic (exact) mass is 178 g/mol. The van der Waals surface area contributed by atoms with Gasteiger partial charge in [0.25, 0.3) is 0 Å². The van der Waals surface area contributed by atoms with Crippen LogP contribution in [0, 0.1) is 5.41 Å². The van der Waals surface area contributed by atoms with Crippen LogP contribution in [0.15, 0.2) is 0 Å². The molecule has 0 aliphatic rings. The Bertz CT molecular complexity index is 99.7. The van der Waals surface area contributed by atoms with Crippen molar-refractivity contribution in [2.24, 2.45) is 5.41 Å². The Morgan fingerprint density at radius 1 is 1.45 bits per heavy atom. The number of hydrogen-bond acceptors (Lipinski definition) is 1. The molecule has 0 amide bonds. The van der Waals surface area contributed by atoms with Gasteiger partial charge in [0.1, 0.15) is 0 Å². The van der Waals surface area contributed by atoms with Gasteiger partial charge in [-0.3, -0.25) is 0 Å². The van der Waals surface area contributed by atoms with E-state index in [1.165, 1.54) is 0 Å². The first kappa shape index (κ1) is 11.2. The SMILES string of the molecule is CCOCC(C)(C)CC(C)Cl. The summed E-state index contributed by atoms with van der Waals surface area (Å²) < 4.78 is 5.34. The van der Waals surface area contributed by atoms with Gasteiger partial charge in [0.05, 0.1) is 6.61 Å². The zero-order valence-electron chi connectivity index (χ0n) is 7.98. The minimum atomic E-state index is 0.219. The molecular formula is C9H19ClO. The maximum atomic E-state index is 5.89. The third kappa shape index (κ3) is 6.64. The normalized spacial score (nSPS) is 15.0. The lowest BCUT2D eigenvalue weighted by Crippen LogP contribution is -2.22. The first-order chi connectivity index (χ1) is 4.98. The van der Waals surface area contributed by atoms with E-state index >= 15 is 0 Å². The van der Waals surface area contributed by atoms with Crippen LogP contribution >= 0.6 is 11.6 Å². The minimum Gasteiger partial charge on any atom is -0.381 e. The molecule has 1 nitrogen and oxygen atoms in total. The Morgan fingerprint density at radius 3 is 2.36 bits per heavy atom. The summed E-state index contributed by atoms with van der Waals surface area (Å²) in [5.74, 6) is 0. The fraction of sp³-hybridized carbons (Fsp3) is 1.00. The molecule has 0 spiro atoms. The Balaban J connectivity index is 3.61. The molecule has 11 heavy (non-hydrogen) atoms. The Kier molecular flexibility index (Phi) is 5.11. The molecule has 0 N–H and O–H groups in total. The summed E-state index contributed by atoms with van der Waals surface area (Å²) >= 11 is 5.89. The molecule has 68 valence electrons. The van der Waals surface area contributed by atoms with Gasteiger partial charge in [-0.2, -0.15) is 0 Å². The van der Waals surface area contributed by atoms with Gasteiger partial charge in [0, 0.05) is 12.0 Å². The highest BCUT2D eigenvalue weighted by atomic mass is 35.5. The second-order valence-corrected chi connectivity index (χ2v) is 4.53. The molecular weight excluding hydrogens is 160 g/mol. The molecule has 0 aromatic carbocycles. The van der Waals surface area contributed by atoms with Crippen molar-refractivity contribution in [3.8, 4) is 0 Å². The van der Waals surface area contributed by atoms with Crippen molar-refractivity contribution >= 4 is 11.6 Å². The van der Waals surface area contributed by atoms with Crippen LogP contribution in [0.2, 0.25) is 0 Å². The van der Waals surface area contributed by atoms with E-state index in [2.05, 4.69) is 13.8 Å². The van der Waals surface area contributed by atoms with Gasteiger partial charge in [-0.05, 0) is 25.7 Å². The Hall–Kier alpha value is 0.250. The fourth-order valence-corrected chi connectivity index (χ4v) is 1.62. The maximum Gasteiger partial charge on any atom is 0.0517 e. The predicted octanol–water partition coefficient (Wildman–Crippen LogP) is 3.07. The van der Waals surface area contributed by atoms with Crippen LogP contribution in [-0.4, -0.2) is 18.6 Å². The van der Waals surface area contributed by atoms with E-state index in [9.17, 15) is 0 Å². The molecule has 0 fully saturated rings. The van der Waals surface area contributed by atoms with E-state index in [0.717, 1.165) is 19.6 Å². The highest BCUT2D eigenvalue weighted by Gasteiger charge is 2.19. The Labute approximate surface area is 75.1 Å². The van der Waals surface area contributed by atoms with E-state index in [-0.39, 0.29) is 10.8 Å². The van der Waals surface area contributed by atoms with Crippen LogP contribution in [0.25, 0.3) is 0 Å². The molecule has 0 heterocycles. The molecule has 2 heteroatoms. The minimum absolute atomic E-state index is 0.219. The van der Waals surface area contributed by atoms with E-state index < -0.39 is 0 Å². The molecule has 0 aromatic heterocycles. The molecule has 0 aliphatic heterocycles. The van der Waals surface area contributed by atoms with Crippen LogP contribution in [-0.2, 0) is 4.74 Å². The zero-order chi connectivity index (χ0) is 8.91. The molecule has 0 aliphatic carbocycles. The van der Waals surface area contributed by atoms with Crippen LogP contribution in [0.4, 0.5) is 0 Å². The highest BCUT2D eigenvalue weighted by molar-refractivity contribution is 6.20. The number of hydrogen-bond donors (Lipinski definition) is 0. The van der Waals surface area contributed by atoms with Gasteiger partial charge in [-0.15, -0.1) is 11.6 Å². The zero-order valence-corrected chi connectivity index (χ0v) is 8.74. The second-order valence-electron chi connectivity index (χ2n) is 3.79. The molecule has 0 saturated carbocycles. The largest absolute Gasteiger partial charge is 0.381 e. The van der Waals surface area contributed by atoms with E-state index in [0.29, 0.717) is 0 Å². The summed E-state index contributed by atoms with van der Waals surface area (Å²) in [5.41, 5.74) is 0.219. The van der Waals surface area contributed by atoms with Gasteiger partial charge in [0.2, 0.25) is 0 Å². The van der Waals surface area contributed by atoms with Gasteiger partial charge in [-0.1, -0.05) is 13.8 Å². The molecule has 1 unspecified atom stereocenters. The number of ether oxygens (including phenoxy) is 1. The summed E-state index contributed by atoms with van der Waals surface area (Å²) in [5, 5.41) is 0.241. The van der Waals surface area contributed by atoms with E-state index in [1.54, 1.807) is 0 Å². The lowest BCUT2D eigenvalue weighted by Gasteiger charge is -2.25. The van der Waals surface area contributed by atoms with Crippen molar-refractivity contribution < 1.29 is 4.74 Å². The number of halogens is 1. The lowest BCUT2D eigenvalue weighted by atomic mass is 9.89. The van der Waals surface area contributed by atoms with Crippen molar-refractivity contribution in [3.05, 3.63) is 0 Å². The Morgan fingerprint density at radius 2 is 2.00 bits per heavy atom. The van der Waals surface area contributed by atoms with Crippen molar-refractivity contribution in [2.75, 3.05) is 13.2 Å². The standard InChI is InChI=1S/C9H19ClO/c1-5-11-7-9(3,4)6-8(2)10/h8H,5-7H2,1-4H3. The summed E-state index contributed by atoms with van der Waals surface area (Å²) in [6, 6.07) is 0. The predicted molar refractivity (Wildman–Crippen MR) is 50.2 cm³/mol. The third-order valence-electron chi connectivity index (χ3n) is 1.53. The average molecular weight is 179 g/mol. The summed E-state index contributed by atoms with van der Waals surface area (Å²) in [6.45, 7) is 10.00. The molecule has 0 rings (SSSR count). The van der Waals surface area contributed by atoms with Crippen molar-refractivity contribution in [2.45, 2.75) is 39.5 Å². The number of rotatable bonds is 5. The molecule has 0 radical (unpaired) electrons. The summed E-state index contributed by atoms with van der Waals surface area (Å²) in [4.78, 5) is 0. The quantitative estimate of drug-likeness (QED) is 0.588. The summed E-state index contributed by atoms with van der Waals surface area (Å²) in [7, 11) is 0. The van der Waals surface area contributed by atoms with Crippen LogP contribution in [0.1, 0.15) is 34.1 Å². The second kappa shape index (κ2) is 5.00. The first-order valence-corrected chi connectivity index (χ1v) is 4.63. The van der Waals surface area contributed by atoms with Crippen molar-refractivity contribution in [1.29, 1.82) is 0 Å². The van der Waals surface area contributed by atoms with Gasteiger partial charge >= 0.3 is 0 Å². The van der Waals surface area contributed by atoms with E-state index in [4.69, 9.17) is 16.3 Å². The average Bonchev–Trinajstić information content (AvgIpc) is 1.81. The molecule has 0 bridgehead atoms. The smallest absolute Gasteiger partial charge is 0.0517 e. The topological polar surface area (TPSA) is 9.23 Å². The first-order valence-electron chi connectivity index (χ1n) is 4.20. The van der Waals surface area contributed by atoms with Crippen LogP contribution in [0.5, 0.6) is 0 Å². The van der Waals surface area contributed by atoms with Gasteiger partial charge in [0.15, 0.2) is 0 Å². The fourth-order valence-electron chi connectivity index (χ4n) is 1.20. The maximum absolute atomic E-state index is 5.89. The van der Waals surface area contributed by atoms with E-state index in [1.807, 2.05) is 13.8 Å². The van der Waals surface area contributed by atoms with Gasteiger partial charge < -0.3 is 4.74 Å². The van der Waals surface area contributed by atoms with Crippen LogP contribution < -0.4 is 0 Å². The molecule has 1 atom stereocenters. The highest BCUT2D eigenvalue weighted by Crippen LogP contribution is 2.24. The van der Waals surface area contributed by atoms with Crippen LogP contribution in [0.3, 0.4) is 0 Å². The molecule has 0 saturated heterocycles. The third-order valence-corrected chi connectivity index (χ3v) is 1.69. The van der Waals surface area contributed by atoms with Crippen molar-refractivity contribution in [3.63, 3.8) is 0 Å².